The monoisotopic (exact) mass is 490 g/mol. The molecule has 3 aromatic heterocycles. The highest BCUT2D eigenvalue weighted by Gasteiger charge is 2.16. The third-order valence-electron chi connectivity index (χ3n) is 6.07. The van der Waals surface area contributed by atoms with Crippen LogP contribution >= 0.6 is 11.3 Å². The molecule has 5 aromatic rings. The van der Waals surface area contributed by atoms with Crippen molar-refractivity contribution in [2.45, 2.75) is 0 Å². The van der Waals surface area contributed by atoms with E-state index in [1.165, 1.54) is 12.4 Å². The Morgan fingerprint density at radius 2 is 2.06 bits per heavy atom. The summed E-state index contributed by atoms with van der Waals surface area (Å²) in [5, 5.41) is 14.2. The summed E-state index contributed by atoms with van der Waals surface area (Å²) in [6.45, 7) is 4.63. The van der Waals surface area contributed by atoms with Crippen molar-refractivity contribution in [3.05, 3.63) is 60.0 Å². The van der Waals surface area contributed by atoms with Gasteiger partial charge in [0.1, 0.15) is 30.3 Å². The van der Waals surface area contributed by atoms with Crippen molar-refractivity contribution >= 4 is 43.8 Å². The maximum Gasteiger partial charge on any atom is 0.157 e. The highest BCUT2D eigenvalue weighted by atomic mass is 32.1. The van der Waals surface area contributed by atoms with Crippen molar-refractivity contribution in [1.82, 2.24) is 25.1 Å². The predicted molar refractivity (Wildman–Crippen MR) is 135 cm³/mol. The molecule has 2 aromatic carbocycles. The number of fused-ring (bicyclic) bond motifs is 3. The Morgan fingerprint density at radius 1 is 1.14 bits per heavy atom. The third-order valence-corrected chi connectivity index (χ3v) is 6.99. The predicted octanol–water partition coefficient (Wildman–Crippen LogP) is 4.83. The lowest BCUT2D eigenvalue weighted by molar-refractivity contribution is 0.0322. The van der Waals surface area contributed by atoms with Crippen molar-refractivity contribution in [3.8, 4) is 17.1 Å². The van der Waals surface area contributed by atoms with Crippen molar-refractivity contribution in [2.24, 2.45) is 0 Å². The van der Waals surface area contributed by atoms with Crippen LogP contribution in [0.3, 0.4) is 0 Å². The highest BCUT2D eigenvalue weighted by molar-refractivity contribution is 7.18. The first-order valence-corrected chi connectivity index (χ1v) is 12.3. The number of hydrogen-bond acceptors (Lipinski definition) is 8. The van der Waals surface area contributed by atoms with Gasteiger partial charge in [-0.3, -0.25) is 10.00 Å². The maximum absolute atomic E-state index is 14.8. The van der Waals surface area contributed by atoms with E-state index < -0.39 is 0 Å². The number of nitrogens with zero attached hydrogens (tertiary/aromatic N) is 4. The molecule has 1 aliphatic heterocycles. The first-order chi connectivity index (χ1) is 17.3. The van der Waals surface area contributed by atoms with Crippen molar-refractivity contribution in [3.63, 3.8) is 0 Å². The fourth-order valence-corrected chi connectivity index (χ4v) is 5.15. The number of anilines is 2. The summed E-state index contributed by atoms with van der Waals surface area (Å²) in [6, 6.07) is 12.8. The number of aromatic amines is 1. The Labute approximate surface area is 204 Å². The molecular formula is C25H23FN6O2S. The second kappa shape index (κ2) is 9.57. The molecule has 0 aliphatic carbocycles. The van der Waals surface area contributed by atoms with Crippen molar-refractivity contribution in [2.75, 3.05) is 44.8 Å². The average molecular weight is 491 g/mol. The number of ether oxygens (including phenoxy) is 2. The Balaban J connectivity index is 1.31. The van der Waals surface area contributed by atoms with E-state index >= 15 is 0 Å². The molecule has 0 amide bonds. The molecule has 1 fully saturated rings. The van der Waals surface area contributed by atoms with E-state index in [9.17, 15) is 4.39 Å². The zero-order valence-corrected chi connectivity index (χ0v) is 19.6. The zero-order valence-electron chi connectivity index (χ0n) is 18.8. The average Bonchev–Trinajstić information content (AvgIpc) is 3.59. The van der Waals surface area contributed by atoms with E-state index in [0.717, 1.165) is 59.4 Å². The standard InChI is InChI=1S/C25H23FN6O2S/c26-20-5-4-16(34-12-9-32-7-10-33-11-8-32)14-21(20)29-25-23-18(6-13-35-23)17-2-1-3-19(22(17)30-25)24-27-15-28-31-24/h1-6,13-15H,7-12H2,(H,29,30)(H,27,28,31). The van der Waals surface area contributed by atoms with E-state index in [-0.39, 0.29) is 5.82 Å². The number of morpholine rings is 1. The summed E-state index contributed by atoms with van der Waals surface area (Å²) in [5.74, 6) is 1.44. The molecule has 35 heavy (non-hydrogen) atoms. The van der Waals surface area contributed by atoms with Gasteiger partial charge in [0.2, 0.25) is 0 Å². The molecule has 2 N–H and O–H groups in total. The number of rotatable bonds is 7. The van der Waals surface area contributed by atoms with E-state index in [2.05, 4.69) is 31.5 Å². The summed E-state index contributed by atoms with van der Waals surface area (Å²) in [5.41, 5.74) is 1.90. The highest BCUT2D eigenvalue weighted by Crippen LogP contribution is 2.38. The van der Waals surface area contributed by atoms with Gasteiger partial charge in [-0.2, -0.15) is 5.10 Å². The Bertz CT molecular complexity index is 1470. The molecule has 178 valence electrons. The summed E-state index contributed by atoms with van der Waals surface area (Å²) >= 11 is 1.56. The quantitative estimate of drug-likeness (QED) is 0.338. The first kappa shape index (κ1) is 21.9. The normalized spacial score (nSPS) is 14.5. The van der Waals surface area contributed by atoms with Gasteiger partial charge in [0.25, 0.3) is 0 Å². The molecule has 6 rings (SSSR count). The Kier molecular flexibility index (Phi) is 5.99. The van der Waals surface area contributed by atoms with Crippen LogP contribution in [0.5, 0.6) is 5.75 Å². The molecule has 8 nitrogen and oxygen atoms in total. The van der Waals surface area contributed by atoms with Gasteiger partial charge in [0, 0.05) is 42.0 Å². The zero-order chi connectivity index (χ0) is 23.6. The van der Waals surface area contributed by atoms with Gasteiger partial charge >= 0.3 is 0 Å². The van der Waals surface area contributed by atoms with Gasteiger partial charge in [-0.25, -0.2) is 14.4 Å². The number of para-hydroxylation sites is 1. The van der Waals surface area contributed by atoms with E-state index in [4.69, 9.17) is 14.5 Å². The SMILES string of the molecule is Fc1ccc(OCCN2CCOCC2)cc1Nc1nc2c(-c3ncn[nH]3)cccc2c2ccsc12. The fourth-order valence-electron chi connectivity index (χ4n) is 4.29. The minimum atomic E-state index is -0.374. The van der Waals surface area contributed by atoms with Crippen LogP contribution in [-0.2, 0) is 4.74 Å². The molecule has 0 spiro atoms. The molecule has 0 unspecified atom stereocenters. The fraction of sp³-hybridized carbons (Fsp3) is 0.240. The molecule has 1 aliphatic rings. The van der Waals surface area contributed by atoms with Crippen LogP contribution in [-0.4, -0.2) is 64.5 Å². The van der Waals surface area contributed by atoms with Gasteiger partial charge in [0.15, 0.2) is 5.82 Å². The number of hydrogen-bond donors (Lipinski definition) is 2. The van der Waals surface area contributed by atoms with Crippen LogP contribution in [0.4, 0.5) is 15.9 Å². The molecule has 1 saturated heterocycles. The first-order valence-electron chi connectivity index (χ1n) is 11.4. The van der Waals surface area contributed by atoms with Gasteiger partial charge in [-0.15, -0.1) is 11.3 Å². The minimum Gasteiger partial charge on any atom is -0.492 e. The summed E-state index contributed by atoms with van der Waals surface area (Å²) in [7, 11) is 0. The molecule has 0 bridgehead atoms. The van der Waals surface area contributed by atoms with Gasteiger partial charge in [0.05, 0.1) is 29.1 Å². The Hall–Kier alpha value is -3.60. The van der Waals surface area contributed by atoms with E-state index in [0.29, 0.717) is 29.7 Å². The summed E-state index contributed by atoms with van der Waals surface area (Å²) in [4.78, 5) is 11.5. The summed E-state index contributed by atoms with van der Waals surface area (Å²) in [6.07, 6.45) is 1.47. The minimum absolute atomic E-state index is 0.313. The van der Waals surface area contributed by atoms with Crippen LogP contribution in [0.1, 0.15) is 0 Å². The van der Waals surface area contributed by atoms with Gasteiger partial charge < -0.3 is 14.8 Å². The molecule has 10 heteroatoms. The van der Waals surface area contributed by atoms with Crippen molar-refractivity contribution < 1.29 is 13.9 Å². The number of pyridine rings is 1. The topological polar surface area (TPSA) is 88.2 Å². The number of nitrogens with one attached hydrogen (secondary N) is 2. The number of H-pyrrole nitrogens is 1. The lowest BCUT2D eigenvalue weighted by atomic mass is 10.1. The Morgan fingerprint density at radius 3 is 2.91 bits per heavy atom. The van der Waals surface area contributed by atoms with Gasteiger partial charge in [-0.1, -0.05) is 12.1 Å². The lowest BCUT2D eigenvalue weighted by Crippen LogP contribution is -2.38. The van der Waals surface area contributed by atoms with Crippen LogP contribution in [0.2, 0.25) is 0 Å². The second-order valence-corrected chi connectivity index (χ2v) is 9.14. The molecule has 0 saturated carbocycles. The van der Waals surface area contributed by atoms with Crippen LogP contribution in [0.25, 0.3) is 32.4 Å². The summed E-state index contributed by atoms with van der Waals surface area (Å²) < 4.78 is 27.1. The van der Waals surface area contributed by atoms with Crippen molar-refractivity contribution in [1.29, 1.82) is 0 Å². The van der Waals surface area contributed by atoms with Crippen LogP contribution in [0.15, 0.2) is 54.2 Å². The number of benzene rings is 2. The number of aromatic nitrogens is 4. The molecule has 0 radical (unpaired) electrons. The number of halogens is 1. The van der Waals surface area contributed by atoms with Gasteiger partial charge in [-0.05, 0) is 29.6 Å². The molecular weight excluding hydrogens is 467 g/mol. The molecule has 0 atom stereocenters. The molecule has 4 heterocycles. The maximum atomic E-state index is 14.8. The third kappa shape index (κ3) is 4.43. The van der Waals surface area contributed by atoms with E-state index in [1.807, 2.05) is 23.6 Å². The second-order valence-electron chi connectivity index (χ2n) is 8.23. The number of thiophene rings is 1. The van der Waals surface area contributed by atoms with E-state index in [1.54, 1.807) is 23.5 Å². The smallest absolute Gasteiger partial charge is 0.157 e. The largest absolute Gasteiger partial charge is 0.492 e. The van der Waals surface area contributed by atoms with Crippen LogP contribution in [0, 0.1) is 5.82 Å². The lowest BCUT2D eigenvalue weighted by Gasteiger charge is -2.26. The van der Waals surface area contributed by atoms with Crippen LogP contribution < -0.4 is 10.1 Å².